The maximum atomic E-state index is 13.2. The number of nitrogens with zero attached hydrogens (tertiary/aromatic N) is 1. The zero-order chi connectivity index (χ0) is 38.9. The van der Waals surface area contributed by atoms with Crippen LogP contribution in [-0.2, 0) is 19.1 Å². The lowest BCUT2D eigenvalue weighted by Gasteiger charge is -2.34. The molecule has 316 valence electrons. The Morgan fingerprint density at radius 3 is 1.28 bits per heavy atom. The average molecular weight is 752 g/mol. The third kappa shape index (κ3) is 35.0. The van der Waals surface area contributed by atoms with Crippen molar-refractivity contribution in [3.05, 3.63) is 0 Å². The van der Waals surface area contributed by atoms with E-state index in [1.54, 1.807) is 0 Å². The maximum Gasteiger partial charge on any atom is 0.306 e. The Hall–Kier alpha value is -1.14. The number of carbonyl (C=O) groups excluding carboxylic acids is 2. The van der Waals surface area contributed by atoms with Crippen LogP contribution in [-0.4, -0.2) is 60.4 Å². The highest BCUT2D eigenvalue weighted by Crippen LogP contribution is 2.33. The Kier molecular flexibility index (Phi) is 39.6. The van der Waals surface area contributed by atoms with Gasteiger partial charge in [0.05, 0.1) is 13.2 Å². The number of carbonyl (C=O) groups is 2. The molecule has 0 aliphatic heterocycles. The van der Waals surface area contributed by atoms with Crippen LogP contribution in [0.5, 0.6) is 0 Å². The van der Waals surface area contributed by atoms with Gasteiger partial charge >= 0.3 is 11.9 Å². The molecular weight excluding hydrogens is 659 g/mol. The summed E-state index contributed by atoms with van der Waals surface area (Å²) in [6, 6.07) is 0. The molecule has 0 saturated carbocycles. The van der Waals surface area contributed by atoms with Crippen molar-refractivity contribution in [1.82, 2.24) is 4.90 Å². The summed E-state index contributed by atoms with van der Waals surface area (Å²) < 4.78 is 11.9. The molecule has 0 heterocycles. The average Bonchev–Trinajstić information content (AvgIpc) is 3.14. The number of hydrogen-bond donors (Lipinski definition) is 1. The van der Waals surface area contributed by atoms with Gasteiger partial charge in [-0.1, -0.05) is 175 Å². The van der Waals surface area contributed by atoms with E-state index in [4.69, 9.17) is 9.47 Å². The van der Waals surface area contributed by atoms with Crippen LogP contribution < -0.4 is 0 Å². The second-order valence-corrected chi connectivity index (χ2v) is 16.4. The van der Waals surface area contributed by atoms with Gasteiger partial charge in [-0.2, -0.15) is 0 Å². The normalized spacial score (nSPS) is 11.8. The Bertz CT molecular complexity index is 758. The summed E-state index contributed by atoms with van der Waals surface area (Å²) in [5.41, 5.74) is -0.252. The molecular formula is C47H93NO5. The Morgan fingerprint density at radius 1 is 0.434 bits per heavy atom. The number of unbranched alkanes of at least 4 members (excludes halogenated alkanes) is 24. The van der Waals surface area contributed by atoms with E-state index in [2.05, 4.69) is 32.6 Å². The van der Waals surface area contributed by atoms with E-state index in [1.807, 2.05) is 0 Å². The monoisotopic (exact) mass is 752 g/mol. The van der Waals surface area contributed by atoms with Gasteiger partial charge in [-0.15, -0.1) is 0 Å². The van der Waals surface area contributed by atoms with Gasteiger partial charge in [0.1, 0.15) is 5.60 Å². The van der Waals surface area contributed by atoms with E-state index >= 15 is 0 Å². The molecule has 0 bridgehead atoms. The highest BCUT2D eigenvalue weighted by molar-refractivity contribution is 5.70. The van der Waals surface area contributed by atoms with Crippen molar-refractivity contribution in [2.45, 2.75) is 258 Å². The zero-order valence-corrected chi connectivity index (χ0v) is 36.3. The smallest absolute Gasteiger partial charge is 0.306 e. The molecule has 53 heavy (non-hydrogen) atoms. The van der Waals surface area contributed by atoms with Crippen LogP contribution in [0.1, 0.15) is 252 Å². The maximum absolute atomic E-state index is 13.2. The molecule has 0 amide bonds. The number of rotatable bonds is 43. The van der Waals surface area contributed by atoms with E-state index in [9.17, 15) is 14.7 Å². The predicted octanol–water partition coefficient (Wildman–Crippen LogP) is 13.8. The highest BCUT2D eigenvalue weighted by atomic mass is 16.6. The minimum Gasteiger partial charge on any atom is -0.466 e. The number of hydrogen-bond acceptors (Lipinski definition) is 6. The SMILES string of the molecule is CCCCCCCCCOC(=O)CCCCCCCN(CCO)CCCCCCCC(=O)OC(CCC)(CCCCCCCC)CCCCCCCC. The first kappa shape index (κ1) is 51.9. The summed E-state index contributed by atoms with van der Waals surface area (Å²) in [6.45, 7) is 12.6. The fourth-order valence-electron chi connectivity index (χ4n) is 7.80. The molecule has 0 aromatic carbocycles. The Morgan fingerprint density at radius 2 is 0.830 bits per heavy atom. The zero-order valence-electron chi connectivity index (χ0n) is 36.3. The van der Waals surface area contributed by atoms with E-state index in [0.717, 1.165) is 103 Å². The molecule has 0 radical (unpaired) electrons. The van der Waals surface area contributed by atoms with Gasteiger partial charge in [0.15, 0.2) is 0 Å². The Balaban J connectivity index is 4.22. The summed E-state index contributed by atoms with van der Waals surface area (Å²) in [7, 11) is 0. The minimum absolute atomic E-state index is 0.0308. The van der Waals surface area contributed by atoms with Crippen LogP contribution >= 0.6 is 0 Å². The van der Waals surface area contributed by atoms with E-state index in [1.165, 1.54) is 128 Å². The van der Waals surface area contributed by atoms with Crippen molar-refractivity contribution in [3.8, 4) is 0 Å². The lowest BCUT2D eigenvalue weighted by atomic mass is 9.85. The largest absolute Gasteiger partial charge is 0.466 e. The second-order valence-electron chi connectivity index (χ2n) is 16.4. The summed E-state index contributed by atoms with van der Waals surface area (Å²) in [6.07, 6.45) is 40.2. The van der Waals surface area contributed by atoms with Gasteiger partial charge < -0.3 is 19.5 Å². The Labute approximate surface area is 331 Å². The van der Waals surface area contributed by atoms with Crippen molar-refractivity contribution in [2.24, 2.45) is 0 Å². The fourth-order valence-corrected chi connectivity index (χ4v) is 7.80. The molecule has 0 aromatic heterocycles. The molecule has 0 spiro atoms. The number of aliphatic hydroxyl groups is 1. The minimum atomic E-state index is -0.252. The van der Waals surface area contributed by atoms with Crippen molar-refractivity contribution in [3.63, 3.8) is 0 Å². The van der Waals surface area contributed by atoms with E-state index in [-0.39, 0.29) is 24.1 Å². The van der Waals surface area contributed by atoms with Crippen LogP contribution in [0, 0.1) is 0 Å². The van der Waals surface area contributed by atoms with Crippen LogP contribution in [0.3, 0.4) is 0 Å². The van der Waals surface area contributed by atoms with Crippen molar-refractivity contribution < 1.29 is 24.2 Å². The standard InChI is InChI=1S/C47H93NO5/c1-5-9-12-15-18-27-34-44-52-45(50)35-28-21-19-25-32-40-48(42-43-49)41-33-26-20-22-29-36-46(51)53-47(37-8-4,38-30-23-16-13-10-6-2)39-31-24-17-14-11-7-3/h49H,5-44H2,1-4H3. The fraction of sp³-hybridized carbons (Fsp3) is 0.957. The third-order valence-electron chi connectivity index (χ3n) is 11.1. The predicted molar refractivity (Wildman–Crippen MR) is 228 cm³/mol. The molecule has 0 aliphatic carbocycles. The first-order valence-corrected chi connectivity index (χ1v) is 23.7. The summed E-state index contributed by atoms with van der Waals surface area (Å²) in [5, 5.41) is 9.59. The molecule has 0 fully saturated rings. The topological polar surface area (TPSA) is 76.1 Å². The quantitative estimate of drug-likeness (QED) is 0.0494. The van der Waals surface area contributed by atoms with Gasteiger partial charge in [-0.05, 0) is 77.3 Å². The molecule has 6 heteroatoms. The van der Waals surface area contributed by atoms with Crippen LogP contribution in [0.2, 0.25) is 0 Å². The number of ether oxygens (including phenoxy) is 2. The first-order chi connectivity index (χ1) is 26.0. The number of aliphatic hydroxyl groups excluding tert-OH is 1. The van der Waals surface area contributed by atoms with Gasteiger partial charge in [0.25, 0.3) is 0 Å². The summed E-state index contributed by atoms with van der Waals surface area (Å²) in [5.74, 6) is -0.0000767. The van der Waals surface area contributed by atoms with E-state index < -0.39 is 0 Å². The van der Waals surface area contributed by atoms with Crippen molar-refractivity contribution in [1.29, 1.82) is 0 Å². The molecule has 0 aliphatic rings. The van der Waals surface area contributed by atoms with Crippen LogP contribution in [0.4, 0.5) is 0 Å². The molecule has 0 aromatic rings. The molecule has 0 saturated heterocycles. The molecule has 0 rings (SSSR count). The highest BCUT2D eigenvalue weighted by Gasteiger charge is 2.32. The van der Waals surface area contributed by atoms with Crippen LogP contribution in [0.15, 0.2) is 0 Å². The van der Waals surface area contributed by atoms with Gasteiger partial charge in [0, 0.05) is 19.4 Å². The first-order valence-electron chi connectivity index (χ1n) is 23.7. The molecule has 6 nitrogen and oxygen atoms in total. The van der Waals surface area contributed by atoms with Crippen LogP contribution in [0.25, 0.3) is 0 Å². The number of esters is 2. The van der Waals surface area contributed by atoms with Crippen molar-refractivity contribution in [2.75, 3.05) is 32.8 Å². The molecule has 0 atom stereocenters. The third-order valence-corrected chi connectivity index (χ3v) is 11.1. The summed E-state index contributed by atoms with van der Waals surface area (Å²) in [4.78, 5) is 27.6. The van der Waals surface area contributed by atoms with Crippen molar-refractivity contribution >= 4 is 11.9 Å². The van der Waals surface area contributed by atoms with Gasteiger partial charge in [-0.3, -0.25) is 9.59 Å². The molecule has 1 N–H and O–H groups in total. The van der Waals surface area contributed by atoms with Gasteiger partial charge in [0.2, 0.25) is 0 Å². The summed E-state index contributed by atoms with van der Waals surface area (Å²) >= 11 is 0. The van der Waals surface area contributed by atoms with Gasteiger partial charge in [-0.25, -0.2) is 0 Å². The lowest BCUT2D eigenvalue weighted by molar-refractivity contribution is -0.163. The molecule has 0 unspecified atom stereocenters. The van der Waals surface area contributed by atoms with E-state index in [0.29, 0.717) is 19.4 Å². The lowest BCUT2D eigenvalue weighted by Crippen LogP contribution is -2.35. The second kappa shape index (κ2) is 40.5.